The largest absolute Gasteiger partial charge is 0.481 e. The zero-order chi connectivity index (χ0) is 14.4. The Bertz CT molecular complexity index is 501. The molecule has 1 N–H and O–H groups in total. The molecule has 1 aliphatic rings. The average Bonchev–Trinajstić information content (AvgIpc) is 2.46. The van der Waals surface area contributed by atoms with Crippen molar-refractivity contribution < 1.29 is 14.7 Å². The lowest BCUT2D eigenvalue weighted by molar-refractivity contribution is -0.139. The van der Waals surface area contributed by atoms with Gasteiger partial charge in [-0.1, -0.05) is 30.3 Å². The lowest BCUT2D eigenvalue weighted by Gasteiger charge is -2.33. The number of rotatable bonds is 4. The normalized spacial score (nSPS) is 19.2. The van der Waals surface area contributed by atoms with Crippen molar-refractivity contribution in [1.82, 2.24) is 4.90 Å². The van der Waals surface area contributed by atoms with Gasteiger partial charge in [0.2, 0.25) is 5.91 Å². The first-order valence-corrected chi connectivity index (χ1v) is 7.65. The first kappa shape index (κ1) is 14.7. The minimum absolute atomic E-state index is 0.0118. The first-order valence-electron chi connectivity index (χ1n) is 6.50. The van der Waals surface area contributed by atoms with E-state index in [1.165, 1.54) is 6.08 Å². The second-order valence-electron chi connectivity index (χ2n) is 4.60. The maximum atomic E-state index is 12.2. The highest BCUT2D eigenvalue weighted by molar-refractivity contribution is 7.99. The molecule has 0 spiro atoms. The third-order valence-corrected chi connectivity index (χ3v) is 4.23. The summed E-state index contributed by atoms with van der Waals surface area (Å²) < 4.78 is 0. The van der Waals surface area contributed by atoms with Crippen molar-refractivity contribution in [2.24, 2.45) is 0 Å². The van der Waals surface area contributed by atoms with Crippen molar-refractivity contribution in [1.29, 1.82) is 0 Å². The Labute approximate surface area is 122 Å². The summed E-state index contributed by atoms with van der Waals surface area (Å²) >= 11 is 1.70. The van der Waals surface area contributed by atoms with Gasteiger partial charge in [0.05, 0.1) is 12.5 Å². The summed E-state index contributed by atoms with van der Waals surface area (Å²) in [5.74, 6) is 0.584. The molecule has 4 nitrogen and oxygen atoms in total. The number of hydrogen-bond donors (Lipinski definition) is 1. The van der Waals surface area contributed by atoms with Gasteiger partial charge < -0.3 is 10.0 Å². The van der Waals surface area contributed by atoms with E-state index in [0.29, 0.717) is 12.3 Å². The van der Waals surface area contributed by atoms with Crippen molar-refractivity contribution in [2.45, 2.75) is 12.5 Å². The Morgan fingerprint density at radius 1 is 1.35 bits per heavy atom. The van der Waals surface area contributed by atoms with Crippen molar-refractivity contribution in [3.05, 3.63) is 42.0 Å². The van der Waals surface area contributed by atoms with Gasteiger partial charge in [0.25, 0.3) is 0 Å². The maximum Gasteiger partial charge on any atom is 0.305 e. The highest BCUT2D eigenvalue weighted by Gasteiger charge is 2.27. The third-order valence-electron chi connectivity index (χ3n) is 3.14. The van der Waals surface area contributed by atoms with E-state index in [0.717, 1.165) is 11.3 Å². The molecular weight excluding hydrogens is 274 g/mol. The number of amides is 1. The Morgan fingerprint density at radius 2 is 2.10 bits per heavy atom. The van der Waals surface area contributed by atoms with Gasteiger partial charge in [-0.25, -0.2) is 0 Å². The van der Waals surface area contributed by atoms with Gasteiger partial charge in [-0.2, -0.15) is 11.8 Å². The number of aliphatic carboxylic acids is 1. The summed E-state index contributed by atoms with van der Waals surface area (Å²) in [7, 11) is 0. The minimum atomic E-state index is -0.859. The van der Waals surface area contributed by atoms with Crippen molar-refractivity contribution in [3.63, 3.8) is 0 Å². The number of benzene rings is 1. The molecule has 1 unspecified atom stereocenters. The molecule has 0 aliphatic carbocycles. The maximum absolute atomic E-state index is 12.2. The molecular formula is C15H17NO3S. The number of carbonyl (C=O) groups excluding carboxylic acids is 1. The molecule has 1 heterocycles. The Morgan fingerprint density at radius 3 is 2.80 bits per heavy atom. The fourth-order valence-electron chi connectivity index (χ4n) is 2.14. The SMILES string of the molecule is O=C(O)CC1CSCCN1C(=O)/C=C/c1ccccc1. The van der Waals surface area contributed by atoms with Crippen molar-refractivity contribution in [2.75, 3.05) is 18.1 Å². The Balaban J connectivity index is 2.02. The molecule has 1 aromatic carbocycles. The Hall–Kier alpha value is -1.75. The lowest BCUT2D eigenvalue weighted by Crippen LogP contribution is -2.46. The smallest absolute Gasteiger partial charge is 0.305 e. The fourth-order valence-corrected chi connectivity index (χ4v) is 3.21. The van der Waals surface area contributed by atoms with Gasteiger partial charge in [-0.15, -0.1) is 0 Å². The summed E-state index contributed by atoms with van der Waals surface area (Å²) in [6.45, 7) is 0.612. The number of carbonyl (C=O) groups is 2. The molecule has 1 saturated heterocycles. The van der Waals surface area contributed by atoms with Crippen LogP contribution in [0.5, 0.6) is 0 Å². The summed E-state index contributed by atoms with van der Waals surface area (Å²) in [5, 5.41) is 8.91. The standard InChI is InChI=1S/C15H17NO3S/c17-14(7-6-12-4-2-1-3-5-12)16-8-9-20-11-13(16)10-15(18)19/h1-7,13H,8-11H2,(H,18,19)/b7-6+. The molecule has 0 aromatic heterocycles. The van der Waals surface area contributed by atoms with Gasteiger partial charge in [-0.3, -0.25) is 9.59 Å². The molecule has 1 aromatic rings. The van der Waals surface area contributed by atoms with E-state index >= 15 is 0 Å². The van der Waals surface area contributed by atoms with E-state index in [1.807, 2.05) is 30.3 Å². The van der Waals surface area contributed by atoms with Crippen LogP contribution >= 0.6 is 11.8 Å². The van der Waals surface area contributed by atoms with Crippen LogP contribution < -0.4 is 0 Å². The number of carboxylic acid groups (broad SMARTS) is 1. The highest BCUT2D eigenvalue weighted by atomic mass is 32.2. The van der Waals surface area contributed by atoms with Crippen LogP contribution in [0.3, 0.4) is 0 Å². The number of carboxylic acids is 1. The highest BCUT2D eigenvalue weighted by Crippen LogP contribution is 2.19. The molecule has 106 valence electrons. The van der Waals surface area contributed by atoms with E-state index in [-0.39, 0.29) is 18.4 Å². The second-order valence-corrected chi connectivity index (χ2v) is 5.75. The van der Waals surface area contributed by atoms with Crippen LogP contribution in [0.4, 0.5) is 0 Å². The van der Waals surface area contributed by atoms with Gasteiger partial charge in [0.1, 0.15) is 0 Å². The summed E-state index contributed by atoms with van der Waals surface area (Å²) in [6.07, 6.45) is 3.31. The summed E-state index contributed by atoms with van der Waals surface area (Å²) in [5.41, 5.74) is 0.960. The Kier molecular flexibility index (Phi) is 5.24. The molecule has 1 fully saturated rings. The van der Waals surface area contributed by atoms with Crippen LogP contribution in [0, 0.1) is 0 Å². The number of hydrogen-bond acceptors (Lipinski definition) is 3. The van der Waals surface area contributed by atoms with Crippen LogP contribution in [0.1, 0.15) is 12.0 Å². The van der Waals surface area contributed by atoms with Gasteiger partial charge in [0.15, 0.2) is 0 Å². The van der Waals surface area contributed by atoms with Crippen LogP contribution in [0.25, 0.3) is 6.08 Å². The number of thioether (sulfide) groups is 1. The van der Waals surface area contributed by atoms with E-state index in [4.69, 9.17) is 5.11 Å². The fraction of sp³-hybridized carbons (Fsp3) is 0.333. The molecule has 0 saturated carbocycles. The van der Waals surface area contributed by atoms with Crippen molar-refractivity contribution >= 4 is 29.7 Å². The first-order chi connectivity index (χ1) is 9.66. The molecule has 1 amide bonds. The monoisotopic (exact) mass is 291 g/mol. The van der Waals surface area contributed by atoms with Crippen LogP contribution in [-0.4, -0.2) is 46.0 Å². The quantitative estimate of drug-likeness (QED) is 0.863. The van der Waals surface area contributed by atoms with E-state index in [2.05, 4.69) is 0 Å². The van der Waals surface area contributed by atoms with Crippen molar-refractivity contribution in [3.8, 4) is 0 Å². The molecule has 0 bridgehead atoms. The summed E-state index contributed by atoms with van der Waals surface area (Å²) in [6, 6.07) is 9.38. The molecule has 5 heteroatoms. The van der Waals surface area contributed by atoms with Crippen LogP contribution in [0.2, 0.25) is 0 Å². The predicted octanol–water partition coefficient (Wildman–Crippen LogP) is 2.12. The minimum Gasteiger partial charge on any atom is -0.481 e. The molecule has 2 rings (SSSR count). The van der Waals surface area contributed by atoms with E-state index < -0.39 is 5.97 Å². The lowest BCUT2D eigenvalue weighted by atomic mass is 10.1. The zero-order valence-electron chi connectivity index (χ0n) is 11.1. The summed E-state index contributed by atoms with van der Waals surface area (Å²) in [4.78, 5) is 24.7. The molecule has 1 aliphatic heterocycles. The van der Waals surface area contributed by atoms with Crippen LogP contribution in [0.15, 0.2) is 36.4 Å². The van der Waals surface area contributed by atoms with Gasteiger partial charge in [0, 0.05) is 24.1 Å². The predicted molar refractivity (Wildman–Crippen MR) is 80.6 cm³/mol. The second kappa shape index (κ2) is 7.14. The zero-order valence-corrected chi connectivity index (χ0v) is 11.9. The third kappa shape index (κ3) is 4.13. The van der Waals surface area contributed by atoms with Crippen LogP contribution in [-0.2, 0) is 9.59 Å². The van der Waals surface area contributed by atoms with Gasteiger partial charge >= 0.3 is 5.97 Å². The molecule has 20 heavy (non-hydrogen) atoms. The number of nitrogens with zero attached hydrogens (tertiary/aromatic N) is 1. The topological polar surface area (TPSA) is 57.6 Å². The van der Waals surface area contributed by atoms with E-state index in [1.54, 1.807) is 22.7 Å². The van der Waals surface area contributed by atoms with Gasteiger partial charge in [-0.05, 0) is 11.6 Å². The molecule has 1 atom stereocenters. The van der Waals surface area contributed by atoms with E-state index in [9.17, 15) is 9.59 Å². The average molecular weight is 291 g/mol. The molecule has 0 radical (unpaired) electrons.